The molecule has 2 aliphatic heterocycles. The number of benzene rings is 3. The average molecular weight is 540 g/mol. The van der Waals surface area contributed by atoms with E-state index in [9.17, 15) is 9.59 Å². The molecule has 2 aliphatic rings. The van der Waals surface area contributed by atoms with Crippen LogP contribution >= 0.6 is 0 Å². The van der Waals surface area contributed by atoms with Gasteiger partial charge >= 0.3 is 6.03 Å². The number of amides is 3. The van der Waals surface area contributed by atoms with Gasteiger partial charge in [-0.25, -0.2) is 4.79 Å². The Morgan fingerprint density at radius 3 is 2.50 bits per heavy atom. The summed E-state index contributed by atoms with van der Waals surface area (Å²) in [7, 11) is 3.20. The second-order valence-electron chi connectivity index (χ2n) is 9.65. The van der Waals surface area contributed by atoms with Gasteiger partial charge in [0.25, 0.3) is 5.91 Å². The Morgan fingerprint density at radius 2 is 1.75 bits per heavy atom. The standard InChI is InChI=1S/C32H33N3O5/c1-4-16-35-26-20-34(17-15-22-13-14-27(38-2)28(18-22)39-3)31(36)29(26)30(33-32(35)37)24-11-8-12-25(19-24)40-21-23-9-6-5-7-10-23/h4-14,18-19,30H,1,15-17,20-21H2,2-3H3,(H,33,37)/t30-/m0/s1. The third kappa shape index (κ3) is 5.52. The summed E-state index contributed by atoms with van der Waals surface area (Å²) in [6.45, 7) is 5.38. The SMILES string of the molecule is C=CCN1C(=O)N[C@@H](c2cccc(OCc3ccccc3)c2)C2=C1CN(CCc1ccc(OC)c(OC)c1)C2=O. The van der Waals surface area contributed by atoms with E-state index in [1.807, 2.05) is 72.8 Å². The van der Waals surface area contributed by atoms with Gasteiger partial charge in [0, 0.05) is 13.1 Å². The third-order valence-corrected chi connectivity index (χ3v) is 7.17. The van der Waals surface area contributed by atoms with E-state index < -0.39 is 6.04 Å². The molecule has 2 heterocycles. The predicted octanol–water partition coefficient (Wildman–Crippen LogP) is 4.87. The molecule has 0 spiro atoms. The van der Waals surface area contributed by atoms with Gasteiger partial charge in [0.05, 0.1) is 38.1 Å². The van der Waals surface area contributed by atoms with E-state index in [1.165, 1.54) is 0 Å². The van der Waals surface area contributed by atoms with Crippen molar-refractivity contribution in [2.45, 2.75) is 19.1 Å². The highest BCUT2D eigenvalue weighted by Gasteiger charge is 2.43. The Hall–Kier alpha value is -4.72. The smallest absolute Gasteiger partial charge is 0.322 e. The first-order chi connectivity index (χ1) is 19.5. The largest absolute Gasteiger partial charge is 0.493 e. The van der Waals surface area contributed by atoms with Crippen LogP contribution in [0.25, 0.3) is 0 Å². The van der Waals surface area contributed by atoms with Gasteiger partial charge in [-0.2, -0.15) is 0 Å². The zero-order chi connectivity index (χ0) is 28.1. The molecular formula is C32H33N3O5. The van der Waals surface area contributed by atoms with E-state index in [2.05, 4.69) is 11.9 Å². The predicted molar refractivity (Wildman–Crippen MR) is 152 cm³/mol. The number of ether oxygens (including phenoxy) is 3. The van der Waals surface area contributed by atoms with Crippen LogP contribution in [0.3, 0.4) is 0 Å². The number of urea groups is 1. The highest BCUT2D eigenvalue weighted by Crippen LogP contribution is 2.37. The number of rotatable bonds is 11. The summed E-state index contributed by atoms with van der Waals surface area (Å²) in [5.41, 5.74) is 4.16. The fraction of sp³-hybridized carbons (Fsp3) is 0.250. The van der Waals surface area contributed by atoms with Gasteiger partial charge in [-0.3, -0.25) is 9.69 Å². The summed E-state index contributed by atoms with van der Waals surface area (Å²) in [6, 6.07) is 22.4. The summed E-state index contributed by atoms with van der Waals surface area (Å²) in [5.74, 6) is 1.88. The molecule has 0 fully saturated rings. The summed E-state index contributed by atoms with van der Waals surface area (Å²) < 4.78 is 16.8. The normalized spacial score (nSPS) is 16.5. The van der Waals surface area contributed by atoms with Crippen LogP contribution in [-0.4, -0.2) is 55.6 Å². The molecule has 40 heavy (non-hydrogen) atoms. The van der Waals surface area contributed by atoms with E-state index in [1.54, 1.807) is 30.1 Å². The minimum absolute atomic E-state index is 0.0925. The number of carbonyl (C=O) groups excluding carboxylic acids is 2. The summed E-state index contributed by atoms with van der Waals surface area (Å²) in [4.78, 5) is 30.4. The highest BCUT2D eigenvalue weighted by atomic mass is 16.5. The Balaban J connectivity index is 1.37. The van der Waals surface area contributed by atoms with Crippen molar-refractivity contribution >= 4 is 11.9 Å². The van der Waals surface area contributed by atoms with Crippen LogP contribution in [-0.2, 0) is 17.8 Å². The van der Waals surface area contributed by atoms with Gasteiger partial charge in [-0.1, -0.05) is 54.6 Å². The summed E-state index contributed by atoms with van der Waals surface area (Å²) >= 11 is 0. The monoisotopic (exact) mass is 539 g/mol. The molecule has 1 atom stereocenters. The maximum absolute atomic E-state index is 13.8. The van der Waals surface area contributed by atoms with E-state index in [0.29, 0.717) is 61.2 Å². The number of methoxy groups -OCH3 is 2. The van der Waals surface area contributed by atoms with Gasteiger partial charge in [0.15, 0.2) is 11.5 Å². The zero-order valence-corrected chi connectivity index (χ0v) is 22.8. The zero-order valence-electron chi connectivity index (χ0n) is 22.8. The van der Waals surface area contributed by atoms with Crippen molar-refractivity contribution in [2.24, 2.45) is 0 Å². The van der Waals surface area contributed by atoms with E-state index >= 15 is 0 Å². The van der Waals surface area contributed by atoms with Crippen LogP contribution in [0.5, 0.6) is 17.2 Å². The molecule has 0 aliphatic carbocycles. The van der Waals surface area contributed by atoms with Crippen molar-refractivity contribution in [2.75, 3.05) is 33.9 Å². The number of nitrogens with zero attached hydrogens (tertiary/aromatic N) is 2. The first kappa shape index (κ1) is 26.9. The highest BCUT2D eigenvalue weighted by molar-refractivity contribution is 6.01. The van der Waals surface area contributed by atoms with Crippen LogP contribution in [0.4, 0.5) is 4.79 Å². The molecular weight excluding hydrogens is 506 g/mol. The van der Waals surface area contributed by atoms with Crippen molar-refractivity contribution in [3.05, 3.63) is 113 Å². The van der Waals surface area contributed by atoms with Gasteiger partial charge in [0.1, 0.15) is 12.4 Å². The van der Waals surface area contributed by atoms with Gasteiger partial charge in [0.2, 0.25) is 0 Å². The molecule has 5 rings (SSSR count). The Labute approximate surface area is 234 Å². The molecule has 206 valence electrons. The first-order valence-electron chi connectivity index (χ1n) is 13.2. The summed E-state index contributed by atoms with van der Waals surface area (Å²) in [6.07, 6.45) is 2.29. The number of hydrogen-bond donors (Lipinski definition) is 1. The van der Waals surface area contributed by atoms with Crippen molar-refractivity contribution in [3.8, 4) is 17.2 Å². The molecule has 1 N–H and O–H groups in total. The van der Waals surface area contributed by atoms with E-state index in [4.69, 9.17) is 14.2 Å². The van der Waals surface area contributed by atoms with Gasteiger partial charge < -0.3 is 24.4 Å². The Kier molecular flexibility index (Phi) is 8.05. The molecule has 0 radical (unpaired) electrons. The summed E-state index contributed by atoms with van der Waals surface area (Å²) in [5, 5.41) is 3.04. The van der Waals surface area contributed by atoms with Crippen LogP contribution in [0.2, 0.25) is 0 Å². The fourth-order valence-electron chi connectivity index (χ4n) is 5.13. The molecule has 0 bridgehead atoms. The molecule has 3 aromatic carbocycles. The topological polar surface area (TPSA) is 80.3 Å². The lowest BCUT2D eigenvalue weighted by atomic mass is 9.95. The van der Waals surface area contributed by atoms with Crippen molar-refractivity contribution in [1.29, 1.82) is 0 Å². The maximum atomic E-state index is 13.8. The second kappa shape index (κ2) is 12.0. The average Bonchev–Trinajstić information content (AvgIpc) is 3.32. The van der Waals surface area contributed by atoms with Gasteiger partial charge in [-0.05, 0) is 47.4 Å². The van der Waals surface area contributed by atoms with E-state index in [0.717, 1.165) is 16.7 Å². The van der Waals surface area contributed by atoms with Crippen molar-refractivity contribution in [1.82, 2.24) is 15.1 Å². The van der Waals surface area contributed by atoms with Crippen LogP contribution < -0.4 is 19.5 Å². The second-order valence-corrected chi connectivity index (χ2v) is 9.65. The lowest BCUT2D eigenvalue weighted by Gasteiger charge is -2.33. The van der Waals surface area contributed by atoms with Crippen LogP contribution in [0.15, 0.2) is 96.7 Å². The molecule has 0 saturated carbocycles. The molecule has 0 aromatic heterocycles. The Bertz CT molecular complexity index is 1440. The third-order valence-electron chi connectivity index (χ3n) is 7.17. The van der Waals surface area contributed by atoms with Gasteiger partial charge in [-0.15, -0.1) is 6.58 Å². The number of hydrogen-bond acceptors (Lipinski definition) is 5. The molecule has 0 saturated heterocycles. The molecule has 8 nitrogen and oxygen atoms in total. The van der Waals surface area contributed by atoms with Crippen LogP contribution in [0.1, 0.15) is 22.7 Å². The van der Waals surface area contributed by atoms with Crippen LogP contribution in [0, 0.1) is 0 Å². The lowest BCUT2D eigenvalue weighted by Crippen LogP contribution is -2.47. The molecule has 3 aromatic rings. The van der Waals surface area contributed by atoms with Crippen molar-refractivity contribution in [3.63, 3.8) is 0 Å². The quantitative estimate of drug-likeness (QED) is 0.352. The number of carbonyl (C=O) groups is 2. The first-order valence-corrected chi connectivity index (χ1v) is 13.2. The fourth-order valence-corrected chi connectivity index (χ4v) is 5.13. The molecule has 0 unspecified atom stereocenters. The minimum atomic E-state index is -0.581. The maximum Gasteiger partial charge on any atom is 0.322 e. The van der Waals surface area contributed by atoms with E-state index in [-0.39, 0.29) is 11.9 Å². The Morgan fingerprint density at radius 1 is 0.950 bits per heavy atom. The molecule has 3 amide bonds. The molecule has 8 heteroatoms. The number of nitrogens with one attached hydrogen (secondary N) is 1. The lowest BCUT2D eigenvalue weighted by molar-refractivity contribution is -0.125. The van der Waals surface area contributed by atoms with Crippen molar-refractivity contribution < 1.29 is 23.8 Å². The minimum Gasteiger partial charge on any atom is -0.493 e.